The number of aromatic carboxylic acids is 1. The van der Waals surface area contributed by atoms with Gasteiger partial charge in [-0.2, -0.15) is 0 Å². The minimum atomic E-state index is -0.836. The molecule has 5 heteroatoms. The van der Waals surface area contributed by atoms with E-state index in [9.17, 15) is 9.90 Å². The fourth-order valence-electron chi connectivity index (χ4n) is 7.71. The van der Waals surface area contributed by atoms with Crippen molar-refractivity contribution < 1.29 is 14.6 Å². The summed E-state index contributed by atoms with van der Waals surface area (Å²) in [5.74, 6) is 2.41. The summed E-state index contributed by atoms with van der Waals surface area (Å²) in [7, 11) is 0. The van der Waals surface area contributed by atoms with Gasteiger partial charge in [0.15, 0.2) is 0 Å². The van der Waals surface area contributed by atoms with E-state index in [1.165, 1.54) is 50.6 Å². The molecular formula is C23H30ClNO3. The van der Waals surface area contributed by atoms with Gasteiger partial charge in [-0.05, 0) is 87.3 Å². The molecule has 4 aliphatic carbocycles. The maximum atomic E-state index is 11.6. The highest BCUT2D eigenvalue weighted by Crippen LogP contribution is 2.60. The number of fused-ring (bicyclic) bond motifs is 3. The lowest BCUT2D eigenvalue weighted by Gasteiger charge is -2.63. The van der Waals surface area contributed by atoms with Gasteiger partial charge in [0, 0.05) is 35.9 Å². The fraction of sp³-hybridized carbons (Fsp3) is 0.696. The van der Waals surface area contributed by atoms with Crippen LogP contribution < -0.4 is 4.90 Å². The van der Waals surface area contributed by atoms with Crippen LogP contribution >= 0.6 is 12.4 Å². The molecule has 0 radical (unpaired) electrons. The van der Waals surface area contributed by atoms with Gasteiger partial charge in [0.2, 0.25) is 0 Å². The Hall–Kier alpha value is -1.26. The highest BCUT2D eigenvalue weighted by atomic mass is 35.5. The Morgan fingerprint density at radius 3 is 2.43 bits per heavy atom. The zero-order chi connectivity index (χ0) is 18.2. The van der Waals surface area contributed by atoms with Crippen molar-refractivity contribution in [1.82, 2.24) is 0 Å². The van der Waals surface area contributed by atoms with Crippen LogP contribution in [0, 0.1) is 23.7 Å². The lowest BCUT2D eigenvalue weighted by atomic mass is 9.52. The van der Waals surface area contributed by atoms with E-state index < -0.39 is 5.97 Å². The highest BCUT2D eigenvalue weighted by molar-refractivity contribution is 5.89. The second-order valence-corrected chi connectivity index (χ2v) is 10.0. The molecule has 4 nitrogen and oxygen atoms in total. The molecule has 1 saturated heterocycles. The maximum Gasteiger partial charge on any atom is 0.335 e. The number of halogens is 1. The van der Waals surface area contributed by atoms with Crippen LogP contribution in [0.1, 0.15) is 73.4 Å². The summed E-state index contributed by atoms with van der Waals surface area (Å²) in [6.07, 6.45) is 10.8. The third kappa shape index (κ3) is 2.71. The molecule has 6 aliphatic rings. The Morgan fingerprint density at radius 2 is 1.79 bits per heavy atom. The minimum Gasteiger partial charge on any atom is -0.478 e. The van der Waals surface area contributed by atoms with Crippen molar-refractivity contribution in [3.8, 4) is 0 Å². The Kier molecular flexibility index (Phi) is 4.44. The second-order valence-electron chi connectivity index (χ2n) is 10.0. The molecule has 0 spiro atoms. The van der Waals surface area contributed by atoms with E-state index in [0.29, 0.717) is 17.0 Å². The quantitative estimate of drug-likeness (QED) is 0.749. The largest absolute Gasteiger partial charge is 0.478 e. The summed E-state index contributed by atoms with van der Waals surface area (Å²) in [6.45, 7) is 1.89. The van der Waals surface area contributed by atoms with Crippen LogP contribution in [0.3, 0.4) is 0 Å². The van der Waals surface area contributed by atoms with Crippen molar-refractivity contribution in [2.24, 2.45) is 23.7 Å². The van der Waals surface area contributed by atoms with Gasteiger partial charge >= 0.3 is 5.97 Å². The van der Waals surface area contributed by atoms with E-state index >= 15 is 0 Å². The molecule has 4 saturated carbocycles. The van der Waals surface area contributed by atoms with Gasteiger partial charge in [-0.25, -0.2) is 4.79 Å². The van der Waals surface area contributed by atoms with Crippen LogP contribution in [0.5, 0.6) is 0 Å². The molecular weight excluding hydrogens is 374 g/mol. The van der Waals surface area contributed by atoms with Crippen molar-refractivity contribution in [3.63, 3.8) is 0 Å². The van der Waals surface area contributed by atoms with Crippen molar-refractivity contribution in [3.05, 3.63) is 29.3 Å². The first kappa shape index (κ1) is 18.7. The number of anilines is 1. The SMILES string of the molecule is Cl.O=C(O)c1ccc2c(c1)C1OCCCC1CN2C12CC3CC(CC(C3)C1)C2. The third-order valence-corrected chi connectivity index (χ3v) is 8.31. The zero-order valence-corrected chi connectivity index (χ0v) is 17.1. The first-order valence-corrected chi connectivity index (χ1v) is 10.9. The molecule has 5 fully saturated rings. The predicted molar refractivity (Wildman–Crippen MR) is 110 cm³/mol. The van der Waals surface area contributed by atoms with Gasteiger partial charge < -0.3 is 14.7 Å². The van der Waals surface area contributed by atoms with Gasteiger partial charge in [0.25, 0.3) is 0 Å². The van der Waals surface area contributed by atoms with Crippen molar-refractivity contribution >= 4 is 24.1 Å². The molecule has 0 amide bonds. The molecule has 2 unspecified atom stereocenters. The van der Waals surface area contributed by atoms with Crippen LogP contribution in [0.2, 0.25) is 0 Å². The average molecular weight is 404 g/mol. The third-order valence-electron chi connectivity index (χ3n) is 8.31. The highest BCUT2D eigenvalue weighted by Gasteiger charge is 2.55. The van der Waals surface area contributed by atoms with E-state index in [1.807, 2.05) is 6.07 Å². The molecule has 1 aromatic carbocycles. The summed E-state index contributed by atoms with van der Waals surface area (Å²) in [5, 5.41) is 9.52. The molecule has 2 atom stereocenters. The van der Waals surface area contributed by atoms with Crippen molar-refractivity contribution in [2.45, 2.75) is 63.0 Å². The normalized spacial score (nSPS) is 40.4. The van der Waals surface area contributed by atoms with Crippen LogP contribution in [-0.4, -0.2) is 29.8 Å². The number of carboxylic acids is 1. The van der Waals surface area contributed by atoms with Gasteiger partial charge in [0.05, 0.1) is 11.7 Å². The maximum absolute atomic E-state index is 11.6. The smallest absolute Gasteiger partial charge is 0.335 e. The van der Waals surface area contributed by atoms with Gasteiger partial charge in [0.1, 0.15) is 0 Å². The van der Waals surface area contributed by atoms with Crippen LogP contribution in [-0.2, 0) is 4.74 Å². The van der Waals surface area contributed by atoms with E-state index in [1.54, 1.807) is 6.07 Å². The number of hydrogen-bond acceptors (Lipinski definition) is 3. The minimum absolute atomic E-state index is 0. The number of rotatable bonds is 2. The predicted octanol–water partition coefficient (Wildman–Crippen LogP) is 5.06. The molecule has 28 heavy (non-hydrogen) atoms. The topological polar surface area (TPSA) is 49.8 Å². The van der Waals surface area contributed by atoms with E-state index in [4.69, 9.17) is 4.74 Å². The first-order chi connectivity index (χ1) is 13.1. The molecule has 2 heterocycles. The monoisotopic (exact) mass is 403 g/mol. The number of carbonyl (C=O) groups is 1. The van der Waals surface area contributed by atoms with Gasteiger partial charge in [-0.15, -0.1) is 12.4 Å². The number of carboxylic acid groups (broad SMARTS) is 1. The Bertz CT molecular complexity index is 759. The van der Waals surface area contributed by atoms with Crippen molar-refractivity contribution in [1.29, 1.82) is 0 Å². The number of nitrogens with zero attached hydrogens (tertiary/aromatic N) is 1. The van der Waals surface area contributed by atoms with Crippen molar-refractivity contribution in [2.75, 3.05) is 18.1 Å². The Balaban J connectivity index is 0.00000171. The Morgan fingerprint density at radius 1 is 1.11 bits per heavy atom. The molecule has 2 aliphatic heterocycles. The van der Waals surface area contributed by atoms with E-state index in [-0.39, 0.29) is 18.5 Å². The molecule has 1 N–H and O–H groups in total. The Labute approximate surface area is 173 Å². The standard InChI is InChI=1S/C23H29NO3.ClH/c25-22(26)17-3-4-20-19(9-17)21-18(2-1-5-27-21)13-24(20)23-10-14-6-15(11-23)8-16(7-14)12-23;/h3-4,9,14-16,18,21H,1-2,5-8,10-13H2,(H,25,26);1H. The van der Waals surface area contributed by atoms with Crippen LogP contribution in [0.25, 0.3) is 0 Å². The van der Waals surface area contributed by atoms with Gasteiger partial charge in [-0.1, -0.05) is 0 Å². The first-order valence-electron chi connectivity index (χ1n) is 10.9. The summed E-state index contributed by atoms with van der Waals surface area (Å²) in [4.78, 5) is 14.3. The molecule has 4 bridgehead atoms. The van der Waals surface area contributed by atoms with Gasteiger partial charge in [-0.3, -0.25) is 0 Å². The van der Waals surface area contributed by atoms with E-state index in [0.717, 1.165) is 42.9 Å². The lowest BCUT2D eigenvalue weighted by Crippen LogP contribution is -2.62. The number of ether oxygens (including phenoxy) is 1. The number of hydrogen-bond donors (Lipinski definition) is 1. The number of benzene rings is 1. The molecule has 0 aromatic heterocycles. The second kappa shape index (κ2) is 6.63. The summed E-state index contributed by atoms with van der Waals surface area (Å²) >= 11 is 0. The summed E-state index contributed by atoms with van der Waals surface area (Å²) in [6, 6.07) is 5.80. The summed E-state index contributed by atoms with van der Waals surface area (Å²) in [5.41, 5.74) is 3.12. The van der Waals surface area contributed by atoms with E-state index in [2.05, 4.69) is 11.0 Å². The average Bonchev–Trinajstić information content (AvgIpc) is 2.66. The zero-order valence-electron chi connectivity index (χ0n) is 16.3. The summed E-state index contributed by atoms with van der Waals surface area (Å²) < 4.78 is 6.19. The molecule has 1 aromatic rings. The molecule has 152 valence electrons. The lowest BCUT2D eigenvalue weighted by molar-refractivity contribution is -0.0436. The van der Waals surface area contributed by atoms with Crippen LogP contribution in [0.15, 0.2) is 18.2 Å². The fourth-order valence-corrected chi connectivity index (χ4v) is 7.71. The molecule has 7 rings (SSSR count). The van der Waals surface area contributed by atoms with Crippen LogP contribution in [0.4, 0.5) is 5.69 Å².